The van der Waals surface area contributed by atoms with Crippen molar-refractivity contribution in [1.82, 2.24) is 0 Å². The van der Waals surface area contributed by atoms with E-state index in [0.717, 1.165) is 4.47 Å². The van der Waals surface area contributed by atoms with Gasteiger partial charge in [-0.15, -0.1) is 0 Å². The van der Waals surface area contributed by atoms with E-state index in [9.17, 15) is 0 Å². The van der Waals surface area contributed by atoms with E-state index in [1.807, 2.05) is 30.3 Å². The minimum Gasteiger partial charge on any atom is -0.0622 e. The van der Waals surface area contributed by atoms with E-state index in [1.165, 1.54) is 15.9 Å². The van der Waals surface area contributed by atoms with Gasteiger partial charge in [-0.05, 0) is 48.5 Å². The summed E-state index contributed by atoms with van der Waals surface area (Å²) in [7, 11) is -1.53. The highest BCUT2D eigenvalue weighted by Crippen LogP contribution is 2.51. The van der Waals surface area contributed by atoms with Gasteiger partial charge in [-0.3, -0.25) is 0 Å². The van der Waals surface area contributed by atoms with E-state index >= 15 is 0 Å². The van der Waals surface area contributed by atoms with Gasteiger partial charge in [-0.1, -0.05) is 88.7 Å². The molecule has 0 aliphatic rings. The fourth-order valence-electron chi connectivity index (χ4n) is 3.04. The van der Waals surface area contributed by atoms with E-state index in [2.05, 4.69) is 114 Å². The molecule has 0 amide bonds. The van der Waals surface area contributed by atoms with Gasteiger partial charge in [0.05, 0.1) is 6.66 Å². The Balaban J connectivity index is 0.000000253. The molecule has 2 heteroatoms. The van der Waals surface area contributed by atoms with Crippen molar-refractivity contribution in [3.05, 3.63) is 126 Å². The van der Waals surface area contributed by atoms with Gasteiger partial charge in [-0.2, -0.15) is 0 Å². The Morgan fingerprint density at radius 1 is 0.444 bits per heavy atom. The van der Waals surface area contributed by atoms with E-state index < -0.39 is 7.26 Å². The largest absolute Gasteiger partial charge is 0.109 e. The molecular weight excluding hydrogens is 411 g/mol. The maximum Gasteiger partial charge on any atom is 0.109 e. The van der Waals surface area contributed by atoms with Gasteiger partial charge in [0.25, 0.3) is 0 Å². The van der Waals surface area contributed by atoms with Crippen LogP contribution in [0.5, 0.6) is 0 Å². The third-order valence-corrected chi connectivity index (χ3v) is 9.07. The van der Waals surface area contributed by atoms with Crippen LogP contribution in [0, 0.1) is 0 Å². The molecule has 0 unspecified atom stereocenters. The highest BCUT2D eigenvalue weighted by molar-refractivity contribution is 9.10. The van der Waals surface area contributed by atoms with Crippen LogP contribution >= 0.6 is 23.2 Å². The van der Waals surface area contributed by atoms with Gasteiger partial charge in [0.2, 0.25) is 0 Å². The lowest BCUT2D eigenvalue weighted by atomic mass is 10.4. The molecule has 0 radical (unpaired) electrons. The second kappa shape index (κ2) is 9.65. The summed E-state index contributed by atoms with van der Waals surface area (Å²) >= 11 is 3.31. The Kier molecular flexibility index (Phi) is 6.98. The molecule has 4 rings (SSSR count). The topological polar surface area (TPSA) is 0 Å². The van der Waals surface area contributed by atoms with E-state index in [1.54, 1.807) is 0 Å². The molecule has 4 aromatic carbocycles. The van der Waals surface area contributed by atoms with Crippen LogP contribution in [-0.4, -0.2) is 6.66 Å². The highest BCUT2D eigenvalue weighted by Gasteiger charge is 2.39. The van der Waals surface area contributed by atoms with Crippen LogP contribution in [0.3, 0.4) is 0 Å². The zero-order valence-electron chi connectivity index (χ0n) is 15.4. The minimum absolute atomic E-state index is 1.13. The molecule has 0 bridgehead atoms. The molecule has 0 aliphatic heterocycles. The van der Waals surface area contributed by atoms with E-state index in [0.29, 0.717) is 0 Å². The van der Waals surface area contributed by atoms with Crippen molar-refractivity contribution in [3.8, 4) is 0 Å². The number of rotatable bonds is 3. The fraction of sp³-hybridized carbons (Fsp3) is 0.0400. The molecule has 0 saturated heterocycles. The lowest BCUT2D eigenvalue weighted by Crippen LogP contribution is -2.30. The third-order valence-electron chi connectivity index (χ3n) is 4.55. The van der Waals surface area contributed by atoms with Crippen LogP contribution in [-0.2, 0) is 0 Å². The smallest absolute Gasteiger partial charge is 0.0622 e. The van der Waals surface area contributed by atoms with Crippen LogP contribution in [0.15, 0.2) is 126 Å². The number of hydrogen-bond acceptors (Lipinski definition) is 0. The number of benzene rings is 4. The van der Waals surface area contributed by atoms with Gasteiger partial charge in [-0.25, -0.2) is 0 Å². The molecule has 134 valence electrons. The first kappa shape index (κ1) is 19.5. The van der Waals surface area contributed by atoms with Gasteiger partial charge in [0.15, 0.2) is 0 Å². The summed E-state index contributed by atoms with van der Waals surface area (Å²) in [5.41, 5.74) is 0. The Hall–Kier alpha value is -2.21. The van der Waals surface area contributed by atoms with Gasteiger partial charge < -0.3 is 0 Å². The highest BCUT2D eigenvalue weighted by atomic mass is 79.9. The maximum atomic E-state index is 3.31. The quantitative estimate of drug-likeness (QED) is 0.344. The Morgan fingerprint density at radius 2 is 0.704 bits per heavy atom. The summed E-state index contributed by atoms with van der Waals surface area (Å²) in [6.45, 7) is 2.41. The van der Waals surface area contributed by atoms with Crippen molar-refractivity contribution < 1.29 is 0 Å². The summed E-state index contributed by atoms with van der Waals surface area (Å²) in [6, 6.07) is 42.6. The molecule has 0 heterocycles. The average Bonchev–Trinajstić information content (AvgIpc) is 2.76. The fourth-order valence-corrected chi connectivity index (χ4v) is 6.55. The zero-order chi connectivity index (χ0) is 19.0. The monoisotopic (exact) mass is 433 g/mol. The molecule has 0 saturated carbocycles. The second-order valence-corrected chi connectivity index (χ2v) is 10.8. The first-order valence-corrected chi connectivity index (χ1v) is 12.0. The van der Waals surface area contributed by atoms with Gasteiger partial charge >= 0.3 is 0 Å². The Bertz CT molecular complexity index is 826. The van der Waals surface area contributed by atoms with Crippen LogP contribution in [0.4, 0.5) is 0 Å². The lowest BCUT2D eigenvalue weighted by Gasteiger charge is -2.22. The van der Waals surface area contributed by atoms with Crippen LogP contribution < -0.4 is 15.9 Å². The molecule has 0 aliphatic carbocycles. The van der Waals surface area contributed by atoms with E-state index in [4.69, 9.17) is 0 Å². The summed E-state index contributed by atoms with van der Waals surface area (Å²) < 4.78 is 1.13. The molecular formula is C25H23BrP+. The molecule has 0 nitrogen and oxygen atoms in total. The normalized spacial score (nSPS) is 10.6. The van der Waals surface area contributed by atoms with Gasteiger partial charge in [0.1, 0.15) is 23.2 Å². The molecule has 0 N–H and O–H groups in total. The van der Waals surface area contributed by atoms with Crippen molar-refractivity contribution in [2.75, 3.05) is 6.66 Å². The lowest BCUT2D eigenvalue weighted by molar-refractivity contribution is 1.66. The third kappa shape index (κ3) is 4.95. The summed E-state index contributed by atoms with van der Waals surface area (Å²) in [5, 5.41) is 4.28. The summed E-state index contributed by atoms with van der Waals surface area (Å²) in [6.07, 6.45) is 0. The molecule has 27 heavy (non-hydrogen) atoms. The molecule has 4 aromatic rings. The number of halogens is 1. The average molecular weight is 434 g/mol. The van der Waals surface area contributed by atoms with Crippen molar-refractivity contribution in [2.24, 2.45) is 0 Å². The number of hydrogen-bond donors (Lipinski definition) is 0. The van der Waals surface area contributed by atoms with Crippen LogP contribution in [0.2, 0.25) is 0 Å². The Morgan fingerprint density at radius 3 is 0.926 bits per heavy atom. The Labute approximate surface area is 171 Å². The minimum atomic E-state index is -1.53. The SMILES string of the molecule is Brc1ccccc1.C[P+](c1ccccc1)(c1ccccc1)c1ccccc1. The van der Waals surface area contributed by atoms with Crippen LogP contribution in [0.25, 0.3) is 0 Å². The molecule has 0 atom stereocenters. The maximum absolute atomic E-state index is 3.31. The van der Waals surface area contributed by atoms with Crippen LogP contribution in [0.1, 0.15) is 0 Å². The first-order chi connectivity index (χ1) is 13.2. The first-order valence-electron chi connectivity index (χ1n) is 8.95. The summed E-state index contributed by atoms with van der Waals surface area (Å²) in [4.78, 5) is 0. The second-order valence-electron chi connectivity index (χ2n) is 6.31. The van der Waals surface area contributed by atoms with Gasteiger partial charge in [0, 0.05) is 4.47 Å². The van der Waals surface area contributed by atoms with Crippen molar-refractivity contribution in [2.45, 2.75) is 0 Å². The molecule has 0 fully saturated rings. The molecule has 0 spiro atoms. The predicted molar refractivity (Wildman–Crippen MR) is 125 cm³/mol. The van der Waals surface area contributed by atoms with E-state index in [-0.39, 0.29) is 0 Å². The van der Waals surface area contributed by atoms with Crippen molar-refractivity contribution >= 4 is 39.1 Å². The summed E-state index contributed by atoms with van der Waals surface area (Å²) in [5.74, 6) is 0. The predicted octanol–water partition coefficient (Wildman–Crippen LogP) is 6.06. The molecule has 0 aromatic heterocycles. The van der Waals surface area contributed by atoms with Crippen molar-refractivity contribution in [1.29, 1.82) is 0 Å². The zero-order valence-corrected chi connectivity index (χ0v) is 17.9. The van der Waals surface area contributed by atoms with Crippen molar-refractivity contribution in [3.63, 3.8) is 0 Å². The standard InChI is InChI=1S/C19H18P.C6H5Br/c1-20(17-11-5-2-6-12-17,18-13-7-3-8-14-18)19-15-9-4-10-16-19;7-6-4-2-1-3-5-6/h2-16H,1H3;1-5H/q+1;.